The van der Waals surface area contributed by atoms with E-state index in [-0.39, 0.29) is 11.2 Å². The fourth-order valence-corrected chi connectivity index (χ4v) is 27.3. The van der Waals surface area contributed by atoms with Crippen molar-refractivity contribution in [1.82, 2.24) is 4.98 Å². The summed E-state index contributed by atoms with van der Waals surface area (Å²) in [7, 11) is 0. The molecule has 2 heterocycles. The van der Waals surface area contributed by atoms with Crippen molar-refractivity contribution >= 4 is 287 Å². The Morgan fingerprint density at radius 1 is 0.323 bits per heavy atom. The number of hydrogen-bond acceptors (Lipinski definition) is 6. The van der Waals surface area contributed by atoms with Gasteiger partial charge in [0, 0.05) is 94.3 Å². The first kappa shape index (κ1) is 43.2. The molecule has 1 aliphatic heterocycles. The molecule has 430 valence electrons. The van der Waals surface area contributed by atoms with Gasteiger partial charge < -0.3 is 0 Å². The largest absolute Gasteiger partial charge is 0.292 e. The summed E-state index contributed by atoms with van der Waals surface area (Å²) < 4.78 is 0. The van der Waals surface area contributed by atoms with Gasteiger partial charge in [-0.3, -0.25) is 19.6 Å². The molecule has 31 aromatic rings. The van der Waals surface area contributed by atoms with Gasteiger partial charge in [0.2, 0.25) is 5.43 Å². The smallest absolute Gasteiger partial charge is 0.214 e. The van der Waals surface area contributed by atoms with Gasteiger partial charge >= 0.3 is 0 Å². The number of fused-ring (bicyclic) bond motifs is 6. The van der Waals surface area contributed by atoms with Crippen LogP contribution in [0.1, 0.15) is 66.1 Å². The van der Waals surface area contributed by atoms with Gasteiger partial charge in [-0.05, 0) is 255 Å². The Morgan fingerprint density at radius 3 is 1.16 bits per heavy atom. The first-order valence-corrected chi connectivity index (χ1v) is 35.1. The van der Waals surface area contributed by atoms with Crippen LogP contribution in [0.2, 0.25) is 0 Å². The van der Waals surface area contributed by atoms with E-state index in [4.69, 9.17) is 20.2 Å². The predicted molar refractivity (Wildman–Crippen MR) is 406 cm³/mol. The van der Waals surface area contributed by atoms with Gasteiger partial charge in [-0.2, -0.15) is 0 Å². The predicted octanol–water partition coefficient (Wildman–Crippen LogP) is 21.1. The molecule has 0 radical (unpaired) electrons. The van der Waals surface area contributed by atoms with E-state index in [0.29, 0.717) is 28.6 Å². The number of rotatable bonds is 6. The van der Waals surface area contributed by atoms with Crippen molar-refractivity contribution in [3.63, 3.8) is 0 Å². The molecule has 0 saturated carbocycles. The summed E-state index contributed by atoms with van der Waals surface area (Å²) in [6.07, 6.45) is 2.51. The highest BCUT2D eigenvalue weighted by molar-refractivity contribution is 6.80. The number of hydrogen-bond donors (Lipinski definition) is 0. The highest BCUT2D eigenvalue weighted by atomic mass is 16.1. The molecule has 0 saturated heterocycles. The number of aromatic nitrogens is 1. The first-order chi connectivity index (χ1) is 49.2. The van der Waals surface area contributed by atoms with Crippen LogP contribution in [0.15, 0.2) is 166 Å². The summed E-state index contributed by atoms with van der Waals surface area (Å²) in [5, 5.41) is 77.7. The van der Waals surface area contributed by atoms with Crippen molar-refractivity contribution in [2.75, 3.05) is 0 Å². The summed E-state index contributed by atoms with van der Waals surface area (Å²) in [4.78, 5) is 50.1. The van der Waals surface area contributed by atoms with Gasteiger partial charge in [-0.1, -0.05) is 127 Å². The minimum atomic E-state index is -1.54. The molecular weight excluding hydrogens is 1210 g/mol. The molecule has 4 aliphatic rings. The summed E-state index contributed by atoms with van der Waals surface area (Å²) in [6.45, 7) is 0. The molecule has 1 aromatic heterocycles. The lowest BCUT2D eigenvalue weighted by molar-refractivity contribution is 0.0947. The molecule has 0 bridgehead atoms. The standard InChI is InChI=1S/C93H26N4O2/c98-89-83-78-73-53-47-40(82(78)88(89)97-96-87(26-15-5-1-6-16-26)27-17-7-2-8-18-27)35-30-25-31-34-33(30)37-42-39(35)46(47)52-54-48(42)50-44(37)45-38(34)43-41-36(31)91(99)92(29-21-11-4-12-22-29)85-80(41)75-70-49(43)51(45)56-55(50)59-58(54)60-57(52)65(53)69-67-63(60)64-61(59)62(56)66(70)71-68(64)72(67)77-79(74(69)73)84(83)93(32-23-13-14-24-94-32,86(85)81(77)76(71)75)95-90(92)28-19-9-3-10-20-28/h1-24H,25H2/b97-88+. The van der Waals surface area contributed by atoms with E-state index in [0.717, 1.165) is 82.7 Å². The lowest BCUT2D eigenvalue weighted by Gasteiger charge is -2.50. The van der Waals surface area contributed by atoms with Crippen molar-refractivity contribution < 1.29 is 4.79 Å². The molecule has 0 amide bonds. The minimum absolute atomic E-state index is 0.0976. The molecule has 2 atom stereocenters. The highest BCUT2D eigenvalue weighted by Gasteiger charge is 2.64. The summed E-state index contributed by atoms with van der Waals surface area (Å²) in [5.41, 5.74) is 8.77. The Hall–Kier alpha value is -12.9. The van der Waals surface area contributed by atoms with Crippen LogP contribution in [0.25, 0.3) is 269 Å². The van der Waals surface area contributed by atoms with Gasteiger partial charge in [0.15, 0.2) is 11.3 Å². The topological polar surface area (TPSA) is 84.1 Å². The van der Waals surface area contributed by atoms with Crippen LogP contribution in [0.5, 0.6) is 0 Å². The summed E-state index contributed by atoms with van der Waals surface area (Å²) >= 11 is 0. The lowest BCUT2D eigenvalue weighted by atomic mass is 9.53. The molecule has 99 heavy (non-hydrogen) atoms. The number of ketones is 1. The molecule has 0 N–H and O–H groups in total. The quantitative estimate of drug-likeness (QED) is 0.0944. The van der Waals surface area contributed by atoms with Crippen molar-refractivity contribution in [1.29, 1.82) is 0 Å². The minimum Gasteiger partial charge on any atom is -0.292 e. The van der Waals surface area contributed by atoms with Gasteiger partial charge in [0.25, 0.3) is 0 Å². The van der Waals surface area contributed by atoms with Crippen LogP contribution >= 0.6 is 0 Å². The van der Waals surface area contributed by atoms with E-state index in [1.165, 1.54) is 243 Å². The zero-order valence-electron chi connectivity index (χ0n) is 51.2. The molecule has 30 aromatic carbocycles. The average Bonchev–Trinajstić information content (AvgIpc) is 1.40. The number of carbonyl (C=O) groups is 1. The van der Waals surface area contributed by atoms with Crippen molar-refractivity contribution in [2.24, 2.45) is 15.2 Å². The summed E-state index contributed by atoms with van der Waals surface area (Å²) in [5.74, 6) is 0.0976. The third kappa shape index (κ3) is 3.16. The molecule has 35 rings (SSSR count). The Kier molecular flexibility index (Phi) is 5.14. The number of Topliss-reactive ketones (excluding diaryl/α,β-unsaturated/α-hetero) is 1. The van der Waals surface area contributed by atoms with Crippen LogP contribution in [-0.2, 0) is 17.4 Å². The number of nitrogens with zero attached hydrogens (tertiary/aromatic N) is 4. The maximum atomic E-state index is 19.0. The second kappa shape index (κ2) is 11.8. The van der Waals surface area contributed by atoms with Crippen LogP contribution in [0.4, 0.5) is 0 Å². The fourth-order valence-electron chi connectivity index (χ4n) is 27.3. The molecule has 0 fully saturated rings. The van der Waals surface area contributed by atoms with Gasteiger partial charge in [0.05, 0.1) is 11.4 Å². The lowest BCUT2D eigenvalue weighted by Crippen LogP contribution is -2.54. The normalized spacial score (nSPS) is 19.1. The zero-order chi connectivity index (χ0) is 61.6. The number of carbonyl (C=O) groups excluding carboxylic acids is 1. The monoisotopic (exact) mass is 1230 g/mol. The van der Waals surface area contributed by atoms with Gasteiger partial charge in [0.1, 0.15) is 16.5 Å². The van der Waals surface area contributed by atoms with Crippen molar-refractivity contribution in [2.45, 2.75) is 17.4 Å². The Balaban J connectivity index is 1.00. The average molecular weight is 1230 g/mol. The number of benzene rings is 21. The molecule has 2 unspecified atom stereocenters. The van der Waals surface area contributed by atoms with E-state index in [1.807, 2.05) is 24.4 Å². The Labute approximate surface area is 548 Å². The van der Waals surface area contributed by atoms with Crippen LogP contribution in [0, 0.1) is 0 Å². The van der Waals surface area contributed by atoms with Crippen LogP contribution < -0.4 is 10.8 Å². The number of aliphatic imine (C=N–C) groups is 1. The fraction of sp³-hybridized carbons (Fsp3) is 0.0323. The van der Waals surface area contributed by atoms with Gasteiger partial charge in [-0.15, -0.1) is 10.2 Å². The van der Waals surface area contributed by atoms with Crippen LogP contribution in [-0.4, -0.2) is 22.2 Å². The highest BCUT2D eigenvalue weighted by Crippen LogP contribution is 2.79. The Morgan fingerprint density at radius 2 is 0.687 bits per heavy atom. The van der Waals surface area contributed by atoms with E-state index in [9.17, 15) is 0 Å². The van der Waals surface area contributed by atoms with E-state index >= 15 is 9.59 Å². The molecular formula is C93H26N4O2. The van der Waals surface area contributed by atoms with Crippen molar-refractivity contribution in [3.05, 3.63) is 223 Å². The molecule has 3 aliphatic carbocycles. The maximum absolute atomic E-state index is 19.0. The molecule has 0 spiro atoms. The van der Waals surface area contributed by atoms with Gasteiger partial charge in [-0.25, -0.2) is 0 Å². The molecule has 6 heteroatoms. The van der Waals surface area contributed by atoms with Crippen molar-refractivity contribution in [3.8, 4) is 0 Å². The third-order valence-corrected chi connectivity index (χ3v) is 29.2. The first-order valence-electron chi connectivity index (χ1n) is 35.1. The van der Waals surface area contributed by atoms with E-state index in [2.05, 4.69) is 121 Å². The Bertz CT molecular complexity index is 9430. The maximum Gasteiger partial charge on any atom is 0.214 e. The third-order valence-electron chi connectivity index (χ3n) is 29.2. The van der Waals surface area contributed by atoms with E-state index in [1.54, 1.807) is 0 Å². The summed E-state index contributed by atoms with van der Waals surface area (Å²) in [6, 6.07) is 48.8. The van der Waals surface area contributed by atoms with E-state index < -0.39 is 11.0 Å². The second-order valence-electron chi connectivity index (χ2n) is 31.5. The number of pyridine rings is 1. The van der Waals surface area contributed by atoms with Crippen LogP contribution in [0.3, 0.4) is 0 Å². The second-order valence-corrected chi connectivity index (χ2v) is 31.5. The SMILES string of the molecule is O=C1c2c3c4c5c(c6c7c8/c(=N\N=C(c9ccccc9)c9ccccc9)c(=O)c9c%10c%11c%12c%13c%14c(c%15c2c2c4c4c%16c5c5c6c6c7c7c(c98)c%11c8c9c%12c%11c%12c%13c%15c%13c2c4c2c(c%13%12)c4c%11c9c9c(c87)c6c6c5c%16c2c4c69)C1(c1ccccc1)C(c1ccccc1)=NC%14%10c1ccccn1)C3. The zero-order valence-corrected chi connectivity index (χ0v) is 51.2. The molecule has 6 nitrogen and oxygen atoms in total.